The zero-order valence-corrected chi connectivity index (χ0v) is 11.1. The van der Waals surface area contributed by atoms with Crippen molar-refractivity contribution in [3.8, 4) is 6.07 Å². The van der Waals surface area contributed by atoms with Crippen LogP contribution in [0.15, 0.2) is 0 Å². The van der Waals surface area contributed by atoms with E-state index in [1.807, 2.05) is 20.8 Å². The van der Waals surface area contributed by atoms with Gasteiger partial charge in [0, 0.05) is 0 Å². The van der Waals surface area contributed by atoms with Crippen molar-refractivity contribution in [2.24, 2.45) is 17.3 Å². The largest absolute Gasteiger partial charge is 0.300 e. The predicted molar refractivity (Wildman–Crippen MR) is 65.2 cm³/mol. The number of imide groups is 1. The molecule has 2 amide bonds. The smallest absolute Gasteiger partial charge is 0.233 e. The highest BCUT2D eigenvalue weighted by Gasteiger charge is 2.72. The molecule has 5 nitrogen and oxygen atoms in total. The second-order valence-corrected chi connectivity index (χ2v) is 5.70. The topological polar surface area (TPSA) is 73.2 Å². The zero-order valence-electron chi connectivity index (χ0n) is 11.1. The second kappa shape index (κ2) is 4.36. The van der Waals surface area contributed by atoms with Crippen LogP contribution in [0.5, 0.6) is 0 Å². The molecule has 0 aromatic carbocycles. The quantitative estimate of drug-likeness (QED) is 0.721. The number of hydrogen-bond acceptors (Lipinski definition) is 4. The van der Waals surface area contributed by atoms with E-state index in [0.29, 0.717) is 6.54 Å². The van der Waals surface area contributed by atoms with Gasteiger partial charge in [0.1, 0.15) is 6.04 Å². The molecule has 1 N–H and O–H groups in total. The first-order chi connectivity index (χ1) is 8.45. The molecular weight excluding hydrogens is 230 g/mol. The van der Waals surface area contributed by atoms with Crippen molar-refractivity contribution in [1.82, 2.24) is 10.2 Å². The molecule has 0 bridgehead atoms. The molecule has 3 unspecified atom stereocenters. The fourth-order valence-electron chi connectivity index (χ4n) is 2.84. The van der Waals surface area contributed by atoms with Crippen molar-refractivity contribution in [1.29, 1.82) is 5.26 Å². The Hall–Kier alpha value is -1.41. The minimum absolute atomic E-state index is 0.103. The Labute approximate surface area is 107 Å². The van der Waals surface area contributed by atoms with Gasteiger partial charge in [-0.3, -0.25) is 14.5 Å². The molecule has 1 saturated carbocycles. The molecular formula is C13H19N3O2. The fourth-order valence-corrected chi connectivity index (χ4v) is 2.84. The third-order valence-corrected chi connectivity index (χ3v) is 4.05. The Balaban J connectivity index is 1.98. The highest BCUT2D eigenvalue weighted by atomic mass is 16.2. The van der Waals surface area contributed by atoms with Crippen LogP contribution in [0, 0.1) is 28.6 Å². The van der Waals surface area contributed by atoms with Crippen LogP contribution < -0.4 is 5.32 Å². The van der Waals surface area contributed by atoms with E-state index in [1.54, 1.807) is 0 Å². The average Bonchev–Trinajstić information content (AvgIpc) is 2.80. The van der Waals surface area contributed by atoms with Crippen molar-refractivity contribution >= 4 is 11.8 Å². The summed E-state index contributed by atoms with van der Waals surface area (Å²) >= 11 is 0. The van der Waals surface area contributed by atoms with E-state index in [9.17, 15) is 9.59 Å². The monoisotopic (exact) mass is 249 g/mol. The molecule has 2 rings (SSSR count). The first kappa shape index (κ1) is 13.0. The van der Waals surface area contributed by atoms with E-state index in [4.69, 9.17) is 5.26 Å². The number of hydrogen-bond donors (Lipinski definition) is 1. The summed E-state index contributed by atoms with van der Waals surface area (Å²) in [5, 5.41) is 12.0. The van der Waals surface area contributed by atoms with Gasteiger partial charge in [0.25, 0.3) is 0 Å². The van der Waals surface area contributed by atoms with Crippen LogP contribution >= 0.6 is 0 Å². The molecule has 0 spiro atoms. The highest BCUT2D eigenvalue weighted by molar-refractivity contribution is 6.10. The van der Waals surface area contributed by atoms with Gasteiger partial charge in [-0.2, -0.15) is 5.26 Å². The third kappa shape index (κ3) is 1.81. The number of nitrogens with one attached hydrogen (secondary N) is 1. The van der Waals surface area contributed by atoms with E-state index in [1.165, 1.54) is 4.90 Å². The van der Waals surface area contributed by atoms with Crippen LogP contribution in [0.1, 0.15) is 27.2 Å². The number of piperidine rings is 1. The van der Waals surface area contributed by atoms with Crippen LogP contribution in [0.2, 0.25) is 0 Å². The summed E-state index contributed by atoms with van der Waals surface area (Å²) < 4.78 is 0. The van der Waals surface area contributed by atoms with Gasteiger partial charge in [-0.1, -0.05) is 20.8 Å². The maximum atomic E-state index is 12.1. The van der Waals surface area contributed by atoms with Crippen LogP contribution in [0.3, 0.4) is 0 Å². The minimum atomic E-state index is -0.460. The number of nitrogens with zero attached hydrogens (tertiary/aromatic N) is 2. The molecule has 0 radical (unpaired) electrons. The number of carbonyl (C=O) groups excluding carboxylic acids is 2. The molecule has 0 aromatic rings. The maximum absolute atomic E-state index is 12.1. The summed E-state index contributed by atoms with van der Waals surface area (Å²) in [7, 11) is 0. The van der Waals surface area contributed by atoms with E-state index >= 15 is 0 Å². The van der Waals surface area contributed by atoms with E-state index in [2.05, 4.69) is 11.4 Å². The van der Waals surface area contributed by atoms with Gasteiger partial charge in [0.15, 0.2) is 0 Å². The lowest BCUT2D eigenvalue weighted by molar-refractivity contribution is -0.143. The molecule has 3 atom stereocenters. The summed E-state index contributed by atoms with van der Waals surface area (Å²) in [6, 6.07) is 1.64. The van der Waals surface area contributed by atoms with Crippen LogP contribution in [0.4, 0.5) is 0 Å². The van der Waals surface area contributed by atoms with Crippen molar-refractivity contribution in [2.45, 2.75) is 33.2 Å². The van der Waals surface area contributed by atoms with Crippen LogP contribution in [-0.4, -0.2) is 35.8 Å². The minimum Gasteiger partial charge on any atom is -0.300 e. The number of amides is 2. The summed E-state index contributed by atoms with van der Waals surface area (Å²) in [5.74, 6) is -0.520. The number of nitriles is 1. The van der Waals surface area contributed by atoms with Crippen molar-refractivity contribution in [3.05, 3.63) is 0 Å². The molecule has 1 aliphatic heterocycles. The number of rotatable bonds is 5. The van der Waals surface area contributed by atoms with Crippen LogP contribution in [0.25, 0.3) is 0 Å². The Kier molecular flexibility index (Phi) is 3.16. The van der Waals surface area contributed by atoms with Crippen molar-refractivity contribution in [3.63, 3.8) is 0 Å². The number of carbonyl (C=O) groups is 2. The van der Waals surface area contributed by atoms with Gasteiger partial charge >= 0.3 is 0 Å². The average molecular weight is 249 g/mol. The van der Waals surface area contributed by atoms with E-state index in [-0.39, 0.29) is 35.6 Å². The molecule has 98 valence electrons. The molecule has 1 saturated heterocycles. The summed E-state index contributed by atoms with van der Waals surface area (Å²) in [6.45, 7) is 6.80. The summed E-state index contributed by atoms with van der Waals surface area (Å²) in [5.41, 5.74) is -0.177. The van der Waals surface area contributed by atoms with Gasteiger partial charge in [0.2, 0.25) is 11.8 Å². The molecule has 1 aliphatic carbocycles. The highest BCUT2D eigenvalue weighted by Crippen LogP contribution is 2.63. The van der Waals surface area contributed by atoms with Gasteiger partial charge in [-0.25, -0.2) is 0 Å². The Morgan fingerprint density at radius 3 is 2.39 bits per heavy atom. The maximum Gasteiger partial charge on any atom is 0.233 e. The molecule has 0 aromatic heterocycles. The second-order valence-electron chi connectivity index (χ2n) is 5.70. The van der Waals surface area contributed by atoms with Crippen molar-refractivity contribution in [2.75, 3.05) is 13.1 Å². The Bertz CT molecular complexity index is 400. The molecule has 18 heavy (non-hydrogen) atoms. The number of likely N-dealkylation sites (tertiary alicyclic amines) is 1. The van der Waals surface area contributed by atoms with Gasteiger partial charge in [-0.05, 0) is 18.4 Å². The predicted octanol–water partition coefficient (Wildman–Crippen LogP) is 0.519. The Morgan fingerprint density at radius 2 is 1.94 bits per heavy atom. The van der Waals surface area contributed by atoms with Gasteiger partial charge in [0.05, 0.1) is 24.4 Å². The Morgan fingerprint density at radius 1 is 1.39 bits per heavy atom. The lowest BCUT2D eigenvalue weighted by Gasteiger charge is -2.23. The van der Waals surface area contributed by atoms with Crippen molar-refractivity contribution < 1.29 is 9.59 Å². The molecule has 2 aliphatic rings. The van der Waals surface area contributed by atoms with Gasteiger partial charge < -0.3 is 5.32 Å². The molecule has 5 heteroatoms. The SMILES string of the molecule is CCCNC(C#N)CN1C(=O)C2C(C1=O)C2(C)C. The zero-order chi connectivity index (χ0) is 13.5. The standard InChI is InChI=1S/C13H19N3O2/c1-4-5-15-8(6-14)7-16-11(17)9-10(12(16)18)13(9,2)3/h8-10,15H,4-5,7H2,1-3H3. The first-order valence-corrected chi connectivity index (χ1v) is 6.43. The third-order valence-electron chi connectivity index (χ3n) is 4.05. The lowest BCUT2D eigenvalue weighted by atomic mass is 10.1. The number of fused-ring (bicyclic) bond motifs is 1. The summed E-state index contributed by atoms with van der Waals surface area (Å²) in [4.78, 5) is 25.4. The lowest BCUT2D eigenvalue weighted by Crippen LogP contribution is -2.45. The first-order valence-electron chi connectivity index (χ1n) is 6.43. The van der Waals surface area contributed by atoms with Crippen LogP contribution in [-0.2, 0) is 9.59 Å². The normalized spacial score (nSPS) is 30.0. The van der Waals surface area contributed by atoms with E-state index in [0.717, 1.165) is 6.42 Å². The summed E-state index contributed by atoms with van der Waals surface area (Å²) in [6.07, 6.45) is 0.915. The molecule has 2 fully saturated rings. The fraction of sp³-hybridized carbons (Fsp3) is 0.769. The van der Waals surface area contributed by atoms with Gasteiger partial charge in [-0.15, -0.1) is 0 Å². The molecule has 1 heterocycles. The van der Waals surface area contributed by atoms with E-state index < -0.39 is 6.04 Å².